The smallest absolute Gasteiger partial charge is 0.132 e. The molecule has 0 amide bonds. The van der Waals surface area contributed by atoms with Crippen molar-refractivity contribution in [3.05, 3.63) is 17.6 Å². The number of hydrogen-bond donors (Lipinski definition) is 1. The fourth-order valence-electron chi connectivity index (χ4n) is 1.60. The molecule has 3 nitrogen and oxygen atoms in total. The summed E-state index contributed by atoms with van der Waals surface area (Å²) in [5, 5.41) is 3.11. The van der Waals surface area contributed by atoms with Gasteiger partial charge in [0.05, 0.1) is 0 Å². The van der Waals surface area contributed by atoms with E-state index in [4.69, 9.17) is 0 Å². The highest BCUT2D eigenvalue weighted by atomic mass is 15.0. The van der Waals surface area contributed by atoms with E-state index in [0.717, 1.165) is 18.7 Å². The van der Waals surface area contributed by atoms with Crippen LogP contribution in [0, 0.1) is 0 Å². The molecule has 0 aliphatic rings. The normalized spacial score (nSPS) is 10.2. The van der Waals surface area contributed by atoms with Gasteiger partial charge in [-0.1, -0.05) is 20.3 Å². The van der Waals surface area contributed by atoms with E-state index < -0.39 is 0 Å². The average Bonchev–Trinajstić information content (AvgIpc) is 2.25. The number of nitrogens with one attached hydrogen (secondary N) is 1. The molecule has 0 atom stereocenters. The van der Waals surface area contributed by atoms with Crippen LogP contribution in [0.5, 0.6) is 0 Å². The van der Waals surface area contributed by atoms with Crippen molar-refractivity contribution in [2.75, 3.05) is 12.4 Å². The number of aromatic nitrogens is 2. The highest BCUT2D eigenvalue weighted by Crippen LogP contribution is 2.17. The second-order valence-electron chi connectivity index (χ2n) is 3.35. The Balaban J connectivity index is 2.90. The molecule has 0 aromatic carbocycles. The SMILES string of the molecule is CCCCc1ncnc(NC)c1CC. The van der Waals surface area contributed by atoms with Crippen LogP contribution in [0.1, 0.15) is 37.9 Å². The third-order valence-electron chi connectivity index (χ3n) is 2.39. The fourth-order valence-corrected chi connectivity index (χ4v) is 1.60. The molecule has 3 heteroatoms. The molecule has 1 aromatic rings. The van der Waals surface area contributed by atoms with Crippen molar-refractivity contribution in [2.24, 2.45) is 0 Å². The molecule has 0 aliphatic heterocycles. The Morgan fingerprint density at radius 1 is 1.29 bits per heavy atom. The van der Waals surface area contributed by atoms with Crippen molar-refractivity contribution in [1.29, 1.82) is 0 Å². The van der Waals surface area contributed by atoms with E-state index in [9.17, 15) is 0 Å². The van der Waals surface area contributed by atoms with Gasteiger partial charge >= 0.3 is 0 Å². The fraction of sp³-hybridized carbons (Fsp3) is 0.636. The van der Waals surface area contributed by atoms with Gasteiger partial charge in [0.25, 0.3) is 0 Å². The number of hydrogen-bond acceptors (Lipinski definition) is 3. The van der Waals surface area contributed by atoms with Crippen molar-refractivity contribution in [2.45, 2.75) is 39.5 Å². The van der Waals surface area contributed by atoms with Crippen LogP contribution in [0.2, 0.25) is 0 Å². The molecule has 1 aromatic heterocycles. The summed E-state index contributed by atoms with van der Waals surface area (Å²) in [6.07, 6.45) is 6.12. The van der Waals surface area contributed by atoms with E-state index in [1.54, 1.807) is 6.33 Å². The molecule has 78 valence electrons. The Bertz CT molecular complexity index is 284. The third-order valence-corrected chi connectivity index (χ3v) is 2.39. The molecule has 0 unspecified atom stereocenters. The zero-order valence-electron chi connectivity index (χ0n) is 9.30. The van der Waals surface area contributed by atoms with Gasteiger partial charge in [-0.25, -0.2) is 9.97 Å². The number of unbranched alkanes of at least 4 members (excludes halogenated alkanes) is 1. The predicted octanol–water partition coefficient (Wildman–Crippen LogP) is 2.42. The molecule has 0 aliphatic carbocycles. The van der Waals surface area contributed by atoms with Gasteiger partial charge in [0.1, 0.15) is 12.1 Å². The minimum Gasteiger partial charge on any atom is -0.373 e. The van der Waals surface area contributed by atoms with Crippen LogP contribution in [0.25, 0.3) is 0 Å². The standard InChI is InChI=1S/C11H19N3/c1-4-6-7-10-9(5-2)11(12-3)14-8-13-10/h8H,4-7H2,1-3H3,(H,12,13,14). The quantitative estimate of drug-likeness (QED) is 0.780. The number of anilines is 1. The van der Waals surface area contributed by atoms with Gasteiger partial charge in [0.15, 0.2) is 0 Å². The van der Waals surface area contributed by atoms with E-state index in [2.05, 4.69) is 29.1 Å². The number of rotatable bonds is 5. The maximum absolute atomic E-state index is 4.34. The lowest BCUT2D eigenvalue weighted by Gasteiger charge is -2.10. The van der Waals surface area contributed by atoms with Gasteiger partial charge in [-0.2, -0.15) is 0 Å². The highest BCUT2D eigenvalue weighted by molar-refractivity contribution is 5.45. The van der Waals surface area contributed by atoms with Gasteiger partial charge in [-0.15, -0.1) is 0 Å². The summed E-state index contributed by atoms with van der Waals surface area (Å²) < 4.78 is 0. The first-order valence-corrected chi connectivity index (χ1v) is 5.33. The van der Waals surface area contributed by atoms with E-state index in [1.165, 1.54) is 24.1 Å². The van der Waals surface area contributed by atoms with Crippen LogP contribution in [-0.2, 0) is 12.8 Å². The van der Waals surface area contributed by atoms with Gasteiger partial charge in [-0.3, -0.25) is 0 Å². The molecular weight excluding hydrogens is 174 g/mol. The van der Waals surface area contributed by atoms with Crippen molar-refractivity contribution >= 4 is 5.82 Å². The van der Waals surface area contributed by atoms with E-state index in [-0.39, 0.29) is 0 Å². The minimum absolute atomic E-state index is 0.980. The van der Waals surface area contributed by atoms with Gasteiger partial charge < -0.3 is 5.32 Å². The summed E-state index contributed by atoms with van der Waals surface area (Å²) in [7, 11) is 1.91. The molecule has 0 bridgehead atoms. The van der Waals surface area contributed by atoms with Crippen molar-refractivity contribution in [3.63, 3.8) is 0 Å². The van der Waals surface area contributed by atoms with Gasteiger partial charge in [0, 0.05) is 18.3 Å². The molecule has 0 fully saturated rings. The first kappa shape index (κ1) is 11.0. The molecule has 14 heavy (non-hydrogen) atoms. The maximum atomic E-state index is 4.34. The van der Waals surface area contributed by atoms with Crippen LogP contribution in [0.4, 0.5) is 5.82 Å². The topological polar surface area (TPSA) is 37.8 Å². The van der Waals surface area contributed by atoms with Crippen LogP contribution < -0.4 is 5.32 Å². The Hall–Kier alpha value is -1.12. The van der Waals surface area contributed by atoms with Crippen LogP contribution in [0.3, 0.4) is 0 Å². The molecule has 1 heterocycles. The van der Waals surface area contributed by atoms with Crippen molar-refractivity contribution in [3.8, 4) is 0 Å². The van der Waals surface area contributed by atoms with Crippen molar-refractivity contribution in [1.82, 2.24) is 9.97 Å². The lowest BCUT2D eigenvalue weighted by Crippen LogP contribution is -2.04. The lowest BCUT2D eigenvalue weighted by molar-refractivity contribution is 0.762. The predicted molar refractivity (Wildman–Crippen MR) is 59.6 cm³/mol. The van der Waals surface area contributed by atoms with E-state index in [0.29, 0.717) is 0 Å². The molecule has 1 N–H and O–H groups in total. The Kier molecular flexibility index (Phi) is 4.36. The molecule has 0 spiro atoms. The molecule has 0 radical (unpaired) electrons. The van der Waals surface area contributed by atoms with Crippen LogP contribution in [0.15, 0.2) is 6.33 Å². The zero-order chi connectivity index (χ0) is 10.4. The Morgan fingerprint density at radius 2 is 2.07 bits per heavy atom. The van der Waals surface area contributed by atoms with Crippen LogP contribution >= 0.6 is 0 Å². The van der Waals surface area contributed by atoms with E-state index >= 15 is 0 Å². The molecule has 1 rings (SSSR count). The molecular formula is C11H19N3. The Labute approximate surface area is 86.0 Å². The summed E-state index contributed by atoms with van der Waals surface area (Å²) in [4.78, 5) is 8.56. The number of nitrogens with zero attached hydrogens (tertiary/aromatic N) is 2. The molecule has 0 saturated heterocycles. The van der Waals surface area contributed by atoms with Gasteiger partial charge in [-0.05, 0) is 19.3 Å². The summed E-state index contributed by atoms with van der Waals surface area (Å²) in [5.74, 6) is 0.980. The summed E-state index contributed by atoms with van der Waals surface area (Å²) in [5.41, 5.74) is 2.47. The average molecular weight is 193 g/mol. The molecule has 0 saturated carbocycles. The summed E-state index contributed by atoms with van der Waals surface area (Å²) >= 11 is 0. The maximum Gasteiger partial charge on any atom is 0.132 e. The lowest BCUT2D eigenvalue weighted by atomic mass is 10.1. The second kappa shape index (κ2) is 5.58. The van der Waals surface area contributed by atoms with Crippen LogP contribution in [-0.4, -0.2) is 17.0 Å². The largest absolute Gasteiger partial charge is 0.373 e. The summed E-state index contributed by atoms with van der Waals surface area (Å²) in [6, 6.07) is 0. The minimum atomic E-state index is 0.980. The number of aryl methyl sites for hydroxylation is 1. The first-order valence-electron chi connectivity index (χ1n) is 5.33. The van der Waals surface area contributed by atoms with E-state index in [1.807, 2.05) is 7.05 Å². The van der Waals surface area contributed by atoms with Crippen molar-refractivity contribution < 1.29 is 0 Å². The first-order chi connectivity index (χ1) is 6.83. The third kappa shape index (κ3) is 2.44. The Morgan fingerprint density at radius 3 is 2.64 bits per heavy atom. The zero-order valence-corrected chi connectivity index (χ0v) is 9.30. The highest BCUT2D eigenvalue weighted by Gasteiger charge is 2.07. The monoisotopic (exact) mass is 193 g/mol. The summed E-state index contributed by atoms with van der Waals surface area (Å²) in [6.45, 7) is 4.35. The van der Waals surface area contributed by atoms with Gasteiger partial charge in [0.2, 0.25) is 0 Å². The second-order valence-corrected chi connectivity index (χ2v) is 3.35.